The van der Waals surface area contributed by atoms with Crippen LogP contribution in [-0.2, 0) is 0 Å². The molecule has 0 aliphatic carbocycles. The van der Waals surface area contributed by atoms with Gasteiger partial charge in [-0.05, 0) is 74.6 Å². The van der Waals surface area contributed by atoms with Crippen LogP contribution in [0.2, 0.25) is 0 Å². The number of hydrogen-bond donors (Lipinski definition) is 0. The quantitative estimate of drug-likeness (QED) is 0.729. The van der Waals surface area contributed by atoms with Gasteiger partial charge in [-0.3, -0.25) is 0 Å². The molecule has 2 aliphatic heterocycles. The minimum atomic E-state index is 0.925. The molecule has 2 fully saturated rings. The fourth-order valence-corrected chi connectivity index (χ4v) is 5.06. The Morgan fingerprint density at radius 1 is 0.577 bits per heavy atom. The summed E-state index contributed by atoms with van der Waals surface area (Å²) in [6, 6.07) is 17.7. The van der Waals surface area contributed by atoms with Gasteiger partial charge in [0.25, 0.3) is 0 Å². The first-order chi connectivity index (χ1) is 12.7. The Hall–Kier alpha value is -1.96. The van der Waals surface area contributed by atoms with E-state index >= 15 is 0 Å². The van der Waals surface area contributed by atoms with Gasteiger partial charge in [0.15, 0.2) is 0 Å². The number of rotatable bonds is 3. The number of anilines is 2. The summed E-state index contributed by atoms with van der Waals surface area (Å²) in [6.07, 6.45) is 5.46. The van der Waals surface area contributed by atoms with E-state index in [2.05, 4.69) is 72.2 Å². The predicted molar refractivity (Wildman–Crippen MR) is 112 cm³/mol. The van der Waals surface area contributed by atoms with Crippen LogP contribution in [-0.4, -0.2) is 26.2 Å². The van der Waals surface area contributed by atoms with Gasteiger partial charge in [-0.2, -0.15) is 0 Å². The summed E-state index contributed by atoms with van der Waals surface area (Å²) < 4.78 is 0. The lowest BCUT2D eigenvalue weighted by atomic mass is 9.78. The molecule has 2 heterocycles. The molecule has 138 valence electrons. The monoisotopic (exact) mass is 348 g/mol. The first kappa shape index (κ1) is 17.5. The molecule has 2 nitrogen and oxygen atoms in total. The Bertz CT molecular complexity index is 659. The van der Waals surface area contributed by atoms with Crippen LogP contribution in [0.25, 0.3) is 0 Å². The zero-order valence-electron chi connectivity index (χ0n) is 16.3. The average Bonchev–Trinajstić information content (AvgIpc) is 2.69. The van der Waals surface area contributed by atoms with Gasteiger partial charge in [0.2, 0.25) is 0 Å². The molecule has 0 spiro atoms. The number of para-hydroxylation sites is 2. The van der Waals surface area contributed by atoms with Gasteiger partial charge in [-0.1, -0.05) is 36.4 Å². The maximum atomic E-state index is 2.61. The van der Waals surface area contributed by atoms with Crippen molar-refractivity contribution in [1.82, 2.24) is 0 Å². The van der Waals surface area contributed by atoms with Crippen LogP contribution in [0.1, 0.15) is 36.8 Å². The van der Waals surface area contributed by atoms with E-state index in [1.54, 1.807) is 0 Å². The number of benzene rings is 2. The topological polar surface area (TPSA) is 6.48 Å². The van der Waals surface area contributed by atoms with Crippen molar-refractivity contribution in [2.45, 2.75) is 39.5 Å². The molecule has 0 saturated carbocycles. The molecular formula is C24H32N2. The van der Waals surface area contributed by atoms with Crippen LogP contribution >= 0.6 is 0 Å². The van der Waals surface area contributed by atoms with Gasteiger partial charge in [0.05, 0.1) is 0 Å². The molecule has 2 aliphatic rings. The molecule has 2 aromatic carbocycles. The van der Waals surface area contributed by atoms with E-state index in [0.717, 1.165) is 11.8 Å². The van der Waals surface area contributed by atoms with Crippen molar-refractivity contribution in [2.24, 2.45) is 11.8 Å². The summed E-state index contributed by atoms with van der Waals surface area (Å²) in [5.41, 5.74) is 5.72. The molecular weight excluding hydrogens is 316 g/mol. The summed E-state index contributed by atoms with van der Waals surface area (Å²) in [5, 5.41) is 0. The van der Waals surface area contributed by atoms with E-state index in [4.69, 9.17) is 0 Å². The molecule has 26 heavy (non-hydrogen) atoms. The van der Waals surface area contributed by atoms with Gasteiger partial charge in [-0.25, -0.2) is 0 Å². The molecule has 0 aromatic heterocycles. The van der Waals surface area contributed by atoms with Crippen molar-refractivity contribution in [2.75, 3.05) is 36.0 Å². The van der Waals surface area contributed by atoms with E-state index in [1.165, 1.54) is 74.4 Å². The van der Waals surface area contributed by atoms with Crippen LogP contribution < -0.4 is 9.80 Å². The molecule has 0 amide bonds. The Morgan fingerprint density at radius 2 is 0.923 bits per heavy atom. The van der Waals surface area contributed by atoms with Gasteiger partial charge >= 0.3 is 0 Å². The minimum absolute atomic E-state index is 0.925. The summed E-state index contributed by atoms with van der Waals surface area (Å²) in [6.45, 7) is 9.40. The summed E-state index contributed by atoms with van der Waals surface area (Å²) in [5.74, 6) is 1.85. The number of piperidine rings is 2. The highest BCUT2D eigenvalue weighted by Gasteiger charge is 2.30. The lowest BCUT2D eigenvalue weighted by Crippen LogP contribution is -2.41. The molecule has 0 unspecified atom stereocenters. The fourth-order valence-electron chi connectivity index (χ4n) is 5.06. The van der Waals surface area contributed by atoms with E-state index in [0.29, 0.717) is 0 Å². The third kappa shape index (κ3) is 3.60. The highest BCUT2D eigenvalue weighted by molar-refractivity contribution is 5.54. The average molecular weight is 349 g/mol. The van der Waals surface area contributed by atoms with Crippen molar-refractivity contribution < 1.29 is 0 Å². The highest BCUT2D eigenvalue weighted by Crippen LogP contribution is 2.36. The van der Waals surface area contributed by atoms with Crippen LogP contribution in [0.3, 0.4) is 0 Å². The molecule has 0 bridgehead atoms. The van der Waals surface area contributed by atoms with Crippen molar-refractivity contribution >= 4 is 11.4 Å². The van der Waals surface area contributed by atoms with E-state index in [-0.39, 0.29) is 0 Å². The van der Waals surface area contributed by atoms with Crippen molar-refractivity contribution in [3.63, 3.8) is 0 Å². The molecule has 0 N–H and O–H groups in total. The third-order valence-corrected chi connectivity index (χ3v) is 6.66. The van der Waals surface area contributed by atoms with Gasteiger partial charge in [0.1, 0.15) is 0 Å². The smallest absolute Gasteiger partial charge is 0.0395 e. The highest BCUT2D eigenvalue weighted by atomic mass is 15.1. The van der Waals surface area contributed by atoms with Crippen LogP contribution in [0.5, 0.6) is 0 Å². The predicted octanol–water partition coefficient (Wildman–Crippen LogP) is 5.44. The Morgan fingerprint density at radius 3 is 1.27 bits per heavy atom. The standard InChI is InChI=1S/C24H32N2/c1-19-7-3-5-9-23(19)25-15-11-21(12-16-25)22-13-17-26(18-14-22)24-10-6-4-8-20(24)2/h3-10,21-22H,11-18H2,1-2H3. The van der Waals surface area contributed by atoms with Crippen molar-refractivity contribution in [3.8, 4) is 0 Å². The normalized spacial score (nSPS) is 19.8. The number of hydrogen-bond acceptors (Lipinski definition) is 2. The largest absolute Gasteiger partial charge is 0.371 e. The molecule has 4 rings (SSSR count). The summed E-state index contributed by atoms with van der Waals surface area (Å²) in [4.78, 5) is 5.21. The zero-order valence-corrected chi connectivity index (χ0v) is 16.3. The maximum absolute atomic E-state index is 2.61. The number of aryl methyl sites for hydroxylation is 2. The van der Waals surface area contributed by atoms with E-state index < -0.39 is 0 Å². The fraction of sp³-hybridized carbons (Fsp3) is 0.500. The summed E-state index contributed by atoms with van der Waals surface area (Å²) in [7, 11) is 0. The SMILES string of the molecule is Cc1ccccc1N1CCC(C2CCN(c3ccccc3C)CC2)CC1. The third-order valence-electron chi connectivity index (χ3n) is 6.66. The van der Waals surface area contributed by atoms with E-state index in [1.807, 2.05) is 0 Å². The summed E-state index contributed by atoms with van der Waals surface area (Å²) >= 11 is 0. The Balaban J connectivity index is 1.31. The van der Waals surface area contributed by atoms with Crippen LogP contribution in [0, 0.1) is 25.7 Å². The van der Waals surface area contributed by atoms with E-state index in [9.17, 15) is 0 Å². The maximum Gasteiger partial charge on any atom is 0.0395 e. The lowest BCUT2D eigenvalue weighted by molar-refractivity contribution is 0.233. The van der Waals surface area contributed by atoms with Crippen LogP contribution in [0.4, 0.5) is 11.4 Å². The molecule has 2 heteroatoms. The second-order valence-electron chi connectivity index (χ2n) is 8.22. The molecule has 0 atom stereocenters. The molecule has 2 saturated heterocycles. The zero-order chi connectivity index (χ0) is 17.9. The van der Waals surface area contributed by atoms with Crippen molar-refractivity contribution in [1.29, 1.82) is 0 Å². The number of nitrogens with zero attached hydrogens (tertiary/aromatic N) is 2. The Kier molecular flexibility index (Phi) is 5.19. The molecule has 2 aromatic rings. The Labute approximate surface area is 158 Å². The lowest BCUT2D eigenvalue weighted by Gasteiger charge is -2.42. The van der Waals surface area contributed by atoms with Gasteiger partial charge in [0, 0.05) is 37.6 Å². The first-order valence-corrected chi connectivity index (χ1v) is 10.3. The van der Waals surface area contributed by atoms with Gasteiger partial charge in [-0.15, -0.1) is 0 Å². The van der Waals surface area contributed by atoms with Crippen molar-refractivity contribution in [3.05, 3.63) is 59.7 Å². The second-order valence-corrected chi connectivity index (χ2v) is 8.22. The van der Waals surface area contributed by atoms with Gasteiger partial charge < -0.3 is 9.80 Å². The first-order valence-electron chi connectivity index (χ1n) is 10.3. The molecule has 0 radical (unpaired) electrons. The van der Waals surface area contributed by atoms with Crippen LogP contribution in [0.15, 0.2) is 48.5 Å². The minimum Gasteiger partial charge on any atom is -0.371 e. The second kappa shape index (κ2) is 7.73.